The van der Waals surface area contributed by atoms with E-state index < -0.39 is 0 Å². The molecule has 2 rings (SSSR count). The number of morpholine rings is 1. The maximum absolute atomic E-state index is 13.1. The van der Waals surface area contributed by atoms with Crippen molar-refractivity contribution in [1.82, 2.24) is 15.5 Å². The molecule has 0 aliphatic carbocycles. The van der Waals surface area contributed by atoms with Crippen molar-refractivity contribution in [3.63, 3.8) is 0 Å². The number of aryl methyl sites for hydroxylation is 1. The van der Waals surface area contributed by atoms with E-state index in [9.17, 15) is 9.18 Å². The average Bonchev–Trinajstić information content (AvgIpc) is 2.54. The molecule has 5 nitrogen and oxygen atoms in total. The van der Waals surface area contributed by atoms with Crippen LogP contribution >= 0.6 is 0 Å². The van der Waals surface area contributed by atoms with Crippen LogP contribution in [0.1, 0.15) is 17.5 Å². The molecule has 1 saturated heterocycles. The second-order valence-corrected chi connectivity index (χ2v) is 5.50. The van der Waals surface area contributed by atoms with Gasteiger partial charge in [0.25, 0.3) is 0 Å². The maximum atomic E-state index is 13.1. The number of carbonyl (C=O) groups is 1. The summed E-state index contributed by atoms with van der Waals surface area (Å²) < 4.78 is 18.4. The van der Waals surface area contributed by atoms with Crippen LogP contribution in [0.2, 0.25) is 0 Å². The highest BCUT2D eigenvalue weighted by Gasteiger charge is 2.09. The van der Waals surface area contributed by atoms with E-state index in [1.165, 1.54) is 6.07 Å². The van der Waals surface area contributed by atoms with Gasteiger partial charge in [-0.25, -0.2) is 9.18 Å². The van der Waals surface area contributed by atoms with Crippen LogP contribution in [0.4, 0.5) is 9.18 Å². The van der Waals surface area contributed by atoms with Crippen molar-refractivity contribution >= 4 is 6.03 Å². The molecule has 0 bridgehead atoms. The third-order valence-corrected chi connectivity index (χ3v) is 3.72. The molecule has 6 heteroatoms. The molecule has 22 heavy (non-hydrogen) atoms. The molecule has 0 aromatic heterocycles. The molecule has 122 valence electrons. The second kappa shape index (κ2) is 8.70. The fourth-order valence-corrected chi connectivity index (χ4v) is 2.39. The largest absolute Gasteiger partial charge is 0.379 e. The number of carbonyl (C=O) groups excluding carboxylic acids is 1. The quantitative estimate of drug-likeness (QED) is 0.786. The lowest BCUT2D eigenvalue weighted by molar-refractivity contribution is 0.0375. The summed E-state index contributed by atoms with van der Waals surface area (Å²) in [7, 11) is 0. The minimum Gasteiger partial charge on any atom is -0.379 e. The van der Waals surface area contributed by atoms with Gasteiger partial charge in [0.15, 0.2) is 0 Å². The molecular weight excluding hydrogens is 285 g/mol. The lowest BCUT2D eigenvalue weighted by atomic mass is 10.1. The smallest absolute Gasteiger partial charge is 0.315 e. The summed E-state index contributed by atoms with van der Waals surface area (Å²) in [5, 5.41) is 5.61. The number of amides is 2. The fraction of sp³-hybridized carbons (Fsp3) is 0.562. The zero-order chi connectivity index (χ0) is 15.8. The Morgan fingerprint density at radius 2 is 2.09 bits per heavy atom. The summed E-state index contributed by atoms with van der Waals surface area (Å²) >= 11 is 0. The molecular formula is C16H24FN3O2. The van der Waals surface area contributed by atoms with Crippen LogP contribution in [0.5, 0.6) is 0 Å². The van der Waals surface area contributed by atoms with E-state index in [1.807, 2.05) is 0 Å². The summed E-state index contributed by atoms with van der Waals surface area (Å²) in [6.07, 6.45) is 0.920. The van der Waals surface area contributed by atoms with Crippen LogP contribution < -0.4 is 10.6 Å². The van der Waals surface area contributed by atoms with E-state index in [1.54, 1.807) is 19.1 Å². The third kappa shape index (κ3) is 5.61. The zero-order valence-corrected chi connectivity index (χ0v) is 13.0. The first-order chi connectivity index (χ1) is 10.6. The van der Waals surface area contributed by atoms with Gasteiger partial charge in [-0.3, -0.25) is 4.90 Å². The predicted octanol–water partition coefficient (Wildman–Crippen LogP) is 1.66. The minimum atomic E-state index is -0.226. The molecule has 1 aliphatic heterocycles. The fourth-order valence-electron chi connectivity index (χ4n) is 2.39. The lowest BCUT2D eigenvalue weighted by Gasteiger charge is -2.26. The van der Waals surface area contributed by atoms with Crippen molar-refractivity contribution in [2.45, 2.75) is 19.9 Å². The van der Waals surface area contributed by atoms with Gasteiger partial charge >= 0.3 is 6.03 Å². The Hall–Kier alpha value is -1.66. The number of nitrogens with zero attached hydrogens (tertiary/aromatic N) is 1. The number of rotatable bonds is 6. The summed E-state index contributed by atoms with van der Waals surface area (Å²) in [5.41, 5.74) is 1.48. The average molecular weight is 309 g/mol. The topological polar surface area (TPSA) is 53.6 Å². The van der Waals surface area contributed by atoms with Crippen molar-refractivity contribution in [2.75, 3.05) is 39.4 Å². The molecule has 1 aromatic carbocycles. The molecule has 0 radical (unpaired) electrons. The van der Waals surface area contributed by atoms with Crippen LogP contribution in [-0.2, 0) is 11.3 Å². The summed E-state index contributed by atoms with van der Waals surface area (Å²) in [4.78, 5) is 14.0. The number of benzene rings is 1. The van der Waals surface area contributed by atoms with Crippen LogP contribution in [0.3, 0.4) is 0 Å². The molecule has 2 amide bonds. The zero-order valence-electron chi connectivity index (χ0n) is 13.0. The lowest BCUT2D eigenvalue weighted by Crippen LogP contribution is -2.39. The van der Waals surface area contributed by atoms with E-state index in [0.717, 1.165) is 44.8 Å². The van der Waals surface area contributed by atoms with Gasteiger partial charge in [-0.1, -0.05) is 12.1 Å². The number of hydrogen-bond donors (Lipinski definition) is 2. The molecule has 0 saturated carbocycles. The summed E-state index contributed by atoms with van der Waals surface area (Å²) in [6, 6.07) is 4.66. The molecule has 0 spiro atoms. The monoisotopic (exact) mass is 309 g/mol. The number of hydrogen-bond acceptors (Lipinski definition) is 3. The standard InChI is InChI=1S/C16H24FN3O2/c1-13-11-14(3-4-15(13)17)12-19-16(21)18-5-2-6-20-7-9-22-10-8-20/h3-4,11H,2,5-10,12H2,1H3,(H2,18,19,21). The first-order valence-corrected chi connectivity index (χ1v) is 7.72. The molecule has 1 heterocycles. The Morgan fingerprint density at radius 1 is 1.32 bits per heavy atom. The maximum Gasteiger partial charge on any atom is 0.315 e. The molecule has 1 aliphatic rings. The Bertz CT molecular complexity index is 490. The number of halogens is 1. The Balaban J connectivity index is 1.58. The second-order valence-electron chi connectivity index (χ2n) is 5.50. The first kappa shape index (κ1) is 16.7. The summed E-state index contributed by atoms with van der Waals surface area (Å²) in [6.45, 7) is 7.26. The van der Waals surface area contributed by atoms with Gasteiger partial charge in [-0.2, -0.15) is 0 Å². The third-order valence-electron chi connectivity index (χ3n) is 3.72. The van der Waals surface area contributed by atoms with Gasteiger partial charge in [0.2, 0.25) is 0 Å². The van der Waals surface area contributed by atoms with E-state index in [0.29, 0.717) is 18.7 Å². The van der Waals surface area contributed by atoms with E-state index in [-0.39, 0.29) is 11.8 Å². The van der Waals surface area contributed by atoms with Gasteiger partial charge in [0.1, 0.15) is 5.82 Å². The number of nitrogens with one attached hydrogen (secondary N) is 2. The summed E-state index contributed by atoms with van der Waals surface area (Å²) in [5.74, 6) is -0.226. The van der Waals surface area contributed by atoms with Gasteiger partial charge in [0, 0.05) is 26.2 Å². The van der Waals surface area contributed by atoms with Crippen LogP contribution in [0.15, 0.2) is 18.2 Å². The van der Waals surface area contributed by atoms with Crippen molar-refractivity contribution < 1.29 is 13.9 Å². The van der Waals surface area contributed by atoms with Crippen molar-refractivity contribution in [2.24, 2.45) is 0 Å². The van der Waals surface area contributed by atoms with Gasteiger partial charge < -0.3 is 15.4 Å². The van der Waals surface area contributed by atoms with E-state index >= 15 is 0 Å². The predicted molar refractivity (Wildman–Crippen MR) is 83.3 cm³/mol. The Morgan fingerprint density at radius 3 is 2.82 bits per heavy atom. The van der Waals surface area contributed by atoms with Crippen molar-refractivity contribution in [3.8, 4) is 0 Å². The first-order valence-electron chi connectivity index (χ1n) is 7.72. The highest BCUT2D eigenvalue weighted by molar-refractivity contribution is 5.73. The van der Waals surface area contributed by atoms with E-state index in [2.05, 4.69) is 15.5 Å². The van der Waals surface area contributed by atoms with Crippen molar-refractivity contribution in [1.29, 1.82) is 0 Å². The van der Waals surface area contributed by atoms with Gasteiger partial charge in [0.05, 0.1) is 13.2 Å². The van der Waals surface area contributed by atoms with Gasteiger partial charge in [-0.05, 0) is 37.1 Å². The molecule has 1 fully saturated rings. The van der Waals surface area contributed by atoms with Crippen LogP contribution in [0.25, 0.3) is 0 Å². The van der Waals surface area contributed by atoms with Crippen molar-refractivity contribution in [3.05, 3.63) is 35.1 Å². The Kier molecular flexibility index (Phi) is 6.61. The molecule has 2 N–H and O–H groups in total. The highest BCUT2D eigenvalue weighted by atomic mass is 19.1. The van der Waals surface area contributed by atoms with E-state index in [4.69, 9.17) is 4.74 Å². The number of ether oxygens (including phenoxy) is 1. The normalized spacial score (nSPS) is 15.5. The van der Waals surface area contributed by atoms with Crippen LogP contribution in [-0.4, -0.2) is 50.3 Å². The SMILES string of the molecule is Cc1cc(CNC(=O)NCCCN2CCOCC2)ccc1F. The molecule has 0 unspecified atom stereocenters. The van der Waals surface area contributed by atoms with Crippen LogP contribution in [0, 0.1) is 12.7 Å². The minimum absolute atomic E-state index is 0.191. The number of urea groups is 1. The molecule has 0 atom stereocenters. The Labute approximate surface area is 130 Å². The molecule has 1 aromatic rings. The highest BCUT2D eigenvalue weighted by Crippen LogP contribution is 2.08. The van der Waals surface area contributed by atoms with Gasteiger partial charge in [-0.15, -0.1) is 0 Å².